The first-order valence-corrected chi connectivity index (χ1v) is 8.31. The van der Waals surface area contributed by atoms with E-state index in [1.807, 2.05) is 43.3 Å². The van der Waals surface area contributed by atoms with Crippen molar-refractivity contribution in [2.24, 2.45) is 5.92 Å². The number of hydrogen-bond donors (Lipinski definition) is 2. The summed E-state index contributed by atoms with van der Waals surface area (Å²) in [5, 5.41) is 20.3. The molecular weight excluding hydrogens is 316 g/mol. The average molecular weight is 336 g/mol. The number of aliphatic carboxylic acids is 1. The lowest BCUT2D eigenvalue weighted by molar-refractivity contribution is -0.165. The number of carboxylic acids is 1. The molecule has 5 nitrogen and oxygen atoms in total. The molecule has 0 bridgehead atoms. The van der Waals surface area contributed by atoms with Crippen LogP contribution in [0.25, 0.3) is 0 Å². The van der Waals surface area contributed by atoms with Crippen LogP contribution >= 0.6 is 0 Å². The Hall–Kier alpha value is -2.71. The zero-order chi connectivity index (χ0) is 17.9. The molecule has 2 N–H and O–H groups in total. The highest BCUT2D eigenvalue weighted by Crippen LogP contribution is 2.43. The first-order chi connectivity index (χ1) is 12.0. The fourth-order valence-electron chi connectivity index (χ4n) is 3.33. The normalized spacial score (nSPS) is 25.7. The third kappa shape index (κ3) is 3.70. The summed E-state index contributed by atoms with van der Waals surface area (Å²) in [4.78, 5) is 20.1. The molecule has 1 aliphatic rings. The van der Waals surface area contributed by atoms with Crippen LogP contribution in [0.3, 0.4) is 0 Å². The maximum absolute atomic E-state index is 11.7. The van der Waals surface area contributed by atoms with E-state index >= 15 is 0 Å². The minimum atomic E-state index is -1.75. The van der Waals surface area contributed by atoms with Crippen molar-refractivity contribution in [2.45, 2.75) is 37.7 Å². The number of rotatable bonds is 2. The Morgan fingerprint density at radius 2 is 2.04 bits per heavy atom. The van der Waals surface area contributed by atoms with Gasteiger partial charge >= 0.3 is 5.97 Å². The van der Waals surface area contributed by atoms with Crippen molar-refractivity contribution in [2.75, 3.05) is 0 Å². The monoisotopic (exact) mass is 336 g/mol. The lowest BCUT2D eigenvalue weighted by atomic mass is 9.68. The fraction of sp³-hybridized carbons (Fsp3) is 0.350. The van der Waals surface area contributed by atoms with Crippen molar-refractivity contribution >= 4 is 5.97 Å². The van der Waals surface area contributed by atoms with Gasteiger partial charge in [-0.1, -0.05) is 36.3 Å². The van der Waals surface area contributed by atoms with Gasteiger partial charge in [0.05, 0.1) is 0 Å². The highest BCUT2D eigenvalue weighted by molar-refractivity contribution is 5.79. The van der Waals surface area contributed by atoms with Crippen LogP contribution in [-0.4, -0.2) is 31.8 Å². The van der Waals surface area contributed by atoms with Crippen LogP contribution in [0.1, 0.15) is 42.3 Å². The molecule has 1 fully saturated rings. The molecule has 0 aliphatic heterocycles. The first-order valence-electron chi connectivity index (χ1n) is 8.31. The van der Waals surface area contributed by atoms with Crippen LogP contribution < -0.4 is 0 Å². The van der Waals surface area contributed by atoms with E-state index in [0.717, 1.165) is 11.3 Å². The lowest BCUT2D eigenvalue weighted by Gasteiger charge is -2.39. The second-order valence-corrected chi connectivity index (χ2v) is 6.45. The minimum Gasteiger partial charge on any atom is -0.479 e. The number of carbonyl (C=O) groups is 1. The summed E-state index contributed by atoms with van der Waals surface area (Å²) in [6, 6.07) is 11.1. The summed E-state index contributed by atoms with van der Waals surface area (Å²) in [5.41, 5.74) is -0.0737. The molecule has 3 rings (SSSR count). The second kappa shape index (κ2) is 7.04. The van der Waals surface area contributed by atoms with Crippen LogP contribution in [-0.2, 0) is 4.79 Å². The van der Waals surface area contributed by atoms with Gasteiger partial charge in [-0.25, -0.2) is 14.8 Å². The average Bonchev–Trinajstić information content (AvgIpc) is 2.62. The Balaban J connectivity index is 1.86. The number of benzene rings is 1. The van der Waals surface area contributed by atoms with Crippen LogP contribution in [0.2, 0.25) is 0 Å². The van der Waals surface area contributed by atoms with Crippen molar-refractivity contribution < 1.29 is 15.0 Å². The van der Waals surface area contributed by atoms with E-state index in [1.54, 1.807) is 6.20 Å². The molecule has 1 aromatic heterocycles. The molecule has 2 aromatic rings. The lowest BCUT2D eigenvalue weighted by Crippen LogP contribution is -2.48. The van der Waals surface area contributed by atoms with E-state index in [0.29, 0.717) is 18.7 Å². The molecule has 128 valence electrons. The second-order valence-electron chi connectivity index (χ2n) is 6.45. The van der Waals surface area contributed by atoms with Crippen molar-refractivity contribution in [3.05, 3.63) is 59.7 Å². The summed E-state index contributed by atoms with van der Waals surface area (Å²) in [6.45, 7) is 1.88. The smallest absolute Gasteiger partial charge is 0.336 e. The molecule has 1 aromatic carbocycles. The van der Waals surface area contributed by atoms with E-state index in [1.165, 1.54) is 0 Å². The van der Waals surface area contributed by atoms with E-state index in [-0.39, 0.29) is 12.3 Å². The first kappa shape index (κ1) is 17.1. The van der Waals surface area contributed by atoms with Crippen molar-refractivity contribution in [1.82, 2.24) is 9.97 Å². The summed E-state index contributed by atoms with van der Waals surface area (Å²) < 4.78 is 0. The Bertz CT molecular complexity index is 826. The summed E-state index contributed by atoms with van der Waals surface area (Å²) in [7, 11) is 0. The maximum atomic E-state index is 11.7. The summed E-state index contributed by atoms with van der Waals surface area (Å²) in [6.07, 6.45) is 2.87. The Labute approximate surface area is 146 Å². The van der Waals surface area contributed by atoms with Gasteiger partial charge in [-0.2, -0.15) is 0 Å². The Morgan fingerprint density at radius 1 is 1.28 bits per heavy atom. The third-order valence-electron chi connectivity index (χ3n) is 4.73. The standard InChI is InChI=1S/C20H20N2O3/c1-14-10-12-21-18(22-14)8-7-15-9-11-20(25,19(23)24)17(13-15)16-5-3-2-4-6-16/h2-6,10,12,15,17,25H,9,11,13H2,1H3,(H,23,24)/t15?,17-,20-/m1/s1. The molecule has 0 amide bonds. The van der Waals surface area contributed by atoms with Gasteiger partial charge in [0.2, 0.25) is 5.82 Å². The van der Waals surface area contributed by atoms with Gasteiger partial charge in [0.1, 0.15) is 0 Å². The number of hydrogen-bond acceptors (Lipinski definition) is 4. The number of aliphatic hydroxyl groups is 1. The fourth-order valence-corrected chi connectivity index (χ4v) is 3.33. The van der Waals surface area contributed by atoms with Crippen LogP contribution in [0, 0.1) is 24.7 Å². The molecule has 1 aliphatic carbocycles. The number of aromatic nitrogens is 2. The molecule has 0 saturated heterocycles. The molecule has 25 heavy (non-hydrogen) atoms. The molecule has 5 heteroatoms. The zero-order valence-electron chi connectivity index (χ0n) is 14.0. The predicted octanol–water partition coefficient (Wildman–Crippen LogP) is 2.54. The zero-order valence-corrected chi connectivity index (χ0v) is 14.0. The van der Waals surface area contributed by atoms with Gasteiger partial charge in [-0.05, 0) is 43.7 Å². The highest BCUT2D eigenvalue weighted by Gasteiger charge is 2.48. The summed E-state index contributed by atoms with van der Waals surface area (Å²) in [5.74, 6) is 4.95. The van der Waals surface area contributed by atoms with Crippen molar-refractivity contribution in [3.63, 3.8) is 0 Å². The topological polar surface area (TPSA) is 83.3 Å². The van der Waals surface area contributed by atoms with Crippen molar-refractivity contribution in [1.29, 1.82) is 0 Å². The van der Waals surface area contributed by atoms with E-state index in [9.17, 15) is 15.0 Å². The van der Waals surface area contributed by atoms with Gasteiger partial charge in [0.15, 0.2) is 5.60 Å². The van der Waals surface area contributed by atoms with E-state index < -0.39 is 17.5 Å². The number of nitrogens with zero attached hydrogens (tertiary/aromatic N) is 2. The predicted molar refractivity (Wildman–Crippen MR) is 92.8 cm³/mol. The van der Waals surface area contributed by atoms with E-state index in [2.05, 4.69) is 21.8 Å². The Kier molecular flexibility index (Phi) is 4.82. The molecule has 1 unspecified atom stereocenters. The molecule has 0 spiro atoms. The van der Waals surface area contributed by atoms with Crippen LogP contribution in [0.4, 0.5) is 0 Å². The number of carboxylic acid groups (broad SMARTS) is 1. The molecule has 0 radical (unpaired) electrons. The largest absolute Gasteiger partial charge is 0.479 e. The van der Waals surface area contributed by atoms with Gasteiger partial charge in [0, 0.05) is 23.7 Å². The molecule has 3 atom stereocenters. The quantitative estimate of drug-likeness (QED) is 0.824. The highest BCUT2D eigenvalue weighted by atomic mass is 16.4. The van der Waals surface area contributed by atoms with Crippen LogP contribution in [0.15, 0.2) is 42.6 Å². The molecular formula is C20H20N2O3. The van der Waals surface area contributed by atoms with Gasteiger partial charge in [0.25, 0.3) is 0 Å². The SMILES string of the molecule is Cc1ccnc(C#CC2CC[C@](O)(C(=O)O)[C@@H](c3ccccc3)C2)n1. The van der Waals surface area contributed by atoms with Crippen LogP contribution in [0.5, 0.6) is 0 Å². The van der Waals surface area contributed by atoms with Gasteiger partial charge in [-0.15, -0.1) is 0 Å². The van der Waals surface area contributed by atoms with Crippen molar-refractivity contribution in [3.8, 4) is 11.8 Å². The Morgan fingerprint density at radius 3 is 2.72 bits per heavy atom. The van der Waals surface area contributed by atoms with Gasteiger partial charge < -0.3 is 10.2 Å². The minimum absolute atomic E-state index is 0.00561. The molecule has 1 heterocycles. The van der Waals surface area contributed by atoms with E-state index in [4.69, 9.17) is 0 Å². The van der Waals surface area contributed by atoms with Gasteiger partial charge in [-0.3, -0.25) is 0 Å². The summed E-state index contributed by atoms with van der Waals surface area (Å²) >= 11 is 0. The number of aryl methyl sites for hydroxylation is 1. The third-order valence-corrected chi connectivity index (χ3v) is 4.73. The maximum Gasteiger partial charge on any atom is 0.336 e. The molecule has 1 saturated carbocycles.